The third-order valence-electron chi connectivity index (χ3n) is 2.80. The van der Waals surface area contributed by atoms with E-state index in [2.05, 4.69) is 5.32 Å². The topological polar surface area (TPSA) is 60.0 Å². The third-order valence-corrected chi connectivity index (χ3v) is 3.16. The lowest BCUT2D eigenvalue weighted by atomic mass is 10.2. The van der Waals surface area contributed by atoms with E-state index in [-0.39, 0.29) is 13.2 Å². The van der Waals surface area contributed by atoms with Crippen molar-refractivity contribution < 1.29 is 19.3 Å². The van der Waals surface area contributed by atoms with Crippen molar-refractivity contribution in [3.63, 3.8) is 0 Å². The van der Waals surface area contributed by atoms with Gasteiger partial charge in [0.1, 0.15) is 18.5 Å². The number of nitrogens with one attached hydrogen (secondary N) is 1. The maximum atomic E-state index is 9.81. The first kappa shape index (κ1) is 18.2. The molecule has 0 aliphatic heterocycles. The fourth-order valence-electron chi connectivity index (χ4n) is 1.69. The summed E-state index contributed by atoms with van der Waals surface area (Å²) in [6.45, 7) is 4.84. The van der Waals surface area contributed by atoms with E-state index in [9.17, 15) is 5.11 Å². The van der Waals surface area contributed by atoms with E-state index in [1.807, 2.05) is 25.1 Å². The van der Waals surface area contributed by atoms with E-state index >= 15 is 0 Å². The van der Waals surface area contributed by atoms with Crippen LogP contribution in [-0.2, 0) is 16.0 Å². The number of halogens is 1. The summed E-state index contributed by atoms with van der Waals surface area (Å²) in [5.41, 5.74) is 0.897. The lowest BCUT2D eigenvalue weighted by molar-refractivity contribution is -0.00432. The minimum atomic E-state index is -0.687. The SMILES string of the molecule is CCNCc1c(Cl)cccc1OCC(O)COCCOC. The van der Waals surface area contributed by atoms with Crippen LogP contribution < -0.4 is 10.1 Å². The standard InChI is InChI=1S/C15H24ClNO4/c1-3-17-9-13-14(16)5-4-6-15(13)21-11-12(18)10-20-8-7-19-2/h4-6,12,17-18H,3,7-11H2,1-2H3. The molecule has 0 aliphatic carbocycles. The first-order valence-electron chi connectivity index (χ1n) is 7.04. The summed E-state index contributed by atoms with van der Waals surface area (Å²) < 4.78 is 15.8. The van der Waals surface area contributed by atoms with Crippen molar-refractivity contribution in [1.29, 1.82) is 0 Å². The zero-order valence-electron chi connectivity index (χ0n) is 12.6. The molecule has 1 aromatic rings. The molecule has 1 atom stereocenters. The molecule has 0 amide bonds. The second-order valence-electron chi connectivity index (χ2n) is 4.53. The Hall–Kier alpha value is -0.850. The molecule has 1 rings (SSSR count). The van der Waals surface area contributed by atoms with Crippen LogP contribution in [0.5, 0.6) is 5.75 Å². The minimum Gasteiger partial charge on any atom is -0.490 e. The van der Waals surface area contributed by atoms with E-state index in [0.717, 1.165) is 12.1 Å². The molecule has 0 saturated carbocycles. The lowest BCUT2D eigenvalue weighted by Crippen LogP contribution is -2.25. The smallest absolute Gasteiger partial charge is 0.125 e. The molecule has 0 aromatic heterocycles. The third kappa shape index (κ3) is 7.11. The summed E-state index contributed by atoms with van der Waals surface area (Å²) in [7, 11) is 1.61. The zero-order valence-corrected chi connectivity index (χ0v) is 13.4. The first-order valence-corrected chi connectivity index (χ1v) is 7.42. The van der Waals surface area contributed by atoms with Crippen molar-refractivity contribution in [2.24, 2.45) is 0 Å². The van der Waals surface area contributed by atoms with Gasteiger partial charge in [0, 0.05) is 24.2 Å². The van der Waals surface area contributed by atoms with Gasteiger partial charge in [-0.3, -0.25) is 0 Å². The Morgan fingerprint density at radius 2 is 2.10 bits per heavy atom. The molecule has 1 aromatic carbocycles. The van der Waals surface area contributed by atoms with E-state index in [4.69, 9.17) is 25.8 Å². The molecule has 5 nitrogen and oxygen atoms in total. The van der Waals surface area contributed by atoms with Crippen LogP contribution in [0.3, 0.4) is 0 Å². The summed E-state index contributed by atoms with van der Waals surface area (Å²) >= 11 is 6.18. The molecule has 21 heavy (non-hydrogen) atoms. The number of methoxy groups -OCH3 is 1. The monoisotopic (exact) mass is 317 g/mol. The number of aliphatic hydroxyl groups excluding tert-OH is 1. The average molecular weight is 318 g/mol. The van der Waals surface area contributed by atoms with Crippen molar-refractivity contribution in [2.75, 3.05) is 40.1 Å². The van der Waals surface area contributed by atoms with Crippen LogP contribution in [0.2, 0.25) is 5.02 Å². The highest BCUT2D eigenvalue weighted by Crippen LogP contribution is 2.26. The molecule has 1 unspecified atom stereocenters. The van der Waals surface area contributed by atoms with Crippen LogP contribution in [0.1, 0.15) is 12.5 Å². The Balaban J connectivity index is 2.44. The molecule has 120 valence electrons. The largest absolute Gasteiger partial charge is 0.490 e. The first-order chi connectivity index (χ1) is 10.2. The number of rotatable bonds is 11. The maximum absolute atomic E-state index is 9.81. The highest BCUT2D eigenvalue weighted by molar-refractivity contribution is 6.31. The number of benzene rings is 1. The van der Waals surface area contributed by atoms with Crippen LogP contribution in [0, 0.1) is 0 Å². The highest BCUT2D eigenvalue weighted by atomic mass is 35.5. The predicted molar refractivity (Wildman–Crippen MR) is 83.0 cm³/mol. The number of aliphatic hydroxyl groups is 1. The molecule has 0 spiro atoms. The van der Waals surface area contributed by atoms with Gasteiger partial charge in [0.15, 0.2) is 0 Å². The van der Waals surface area contributed by atoms with Gasteiger partial charge < -0.3 is 24.6 Å². The Bertz CT molecular complexity index is 403. The second-order valence-corrected chi connectivity index (χ2v) is 4.94. The van der Waals surface area contributed by atoms with Crippen LogP contribution in [0.25, 0.3) is 0 Å². The van der Waals surface area contributed by atoms with E-state index in [1.54, 1.807) is 7.11 Å². The Labute approximate surface area is 131 Å². The Morgan fingerprint density at radius 1 is 1.29 bits per heavy atom. The fourth-order valence-corrected chi connectivity index (χ4v) is 1.92. The molecule has 2 N–H and O–H groups in total. The van der Waals surface area contributed by atoms with Crippen LogP contribution in [-0.4, -0.2) is 51.3 Å². The van der Waals surface area contributed by atoms with Crippen molar-refractivity contribution in [1.82, 2.24) is 5.32 Å². The quantitative estimate of drug-likeness (QED) is 0.610. The molecule has 6 heteroatoms. The van der Waals surface area contributed by atoms with E-state index in [0.29, 0.717) is 30.5 Å². The van der Waals surface area contributed by atoms with Gasteiger partial charge in [-0.15, -0.1) is 0 Å². The van der Waals surface area contributed by atoms with Gasteiger partial charge in [-0.2, -0.15) is 0 Å². The number of hydrogen-bond acceptors (Lipinski definition) is 5. The fraction of sp³-hybridized carbons (Fsp3) is 0.600. The Kier molecular flexibility index (Phi) is 9.37. The molecule has 0 radical (unpaired) electrons. The zero-order chi connectivity index (χ0) is 15.5. The van der Waals surface area contributed by atoms with Gasteiger partial charge in [-0.1, -0.05) is 24.6 Å². The molecular weight excluding hydrogens is 294 g/mol. The van der Waals surface area contributed by atoms with Crippen molar-refractivity contribution in [3.05, 3.63) is 28.8 Å². The minimum absolute atomic E-state index is 0.159. The summed E-state index contributed by atoms with van der Waals surface area (Å²) in [4.78, 5) is 0. The van der Waals surface area contributed by atoms with Crippen LogP contribution in [0.4, 0.5) is 0 Å². The number of hydrogen-bond donors (Lipinski definition) is 2. The van der Waals surface area contributed by atoms with E-state index in [1.165, 1.54) is 0 Å². The van der Waals surface area contributed by atoms with Crippen LogP contribution >= 0.6 is 11.6 Å². The lowest BCUT2D eigenvalue weighted by Gasteiger charge is -2.16. The second kappa shape index (κ2) is 10.8. The summed E-state index contributed by atoms with van der Waals surface area (Å²) in [6, 6.07) is 5.50. The van der Waals surface area contributed by atoms with Gasteiger partial charge in [0.2, 0.25) is 0 Å². The van der Waals surface area contributed by atoms with Gasteiger partial charge in [0.05, 0.1) is 19.8 Å². The van der Waals surface area contributed by atoms with E-state index < -0.39 is 6.10 Å². The summed E-state index contributed by atoms with van der Waals surface area (Å²) in [5, 5.41) is 13.7. The highest BCUT2D eigenvalue weighted by Gasteiger charge is 2.10. The van der Waals surface area contributed by atoms with Crippen LogP contribution in [0.15, 0.2) is 18.2 Å². The molecule has 0 fully saturated rings. The molecule has 0 saturated heterocycles. The molecule has 0 heterocycles. The Morgan fingerprint density at radius 3 is 2.81 bits per heavy atom. The average Bonchev–Trinajstić information content (AvgIpc) is 2.48. The van der Waals surface area contributed by atoms with Crippen molar-refractivity contribution >= 4 is 11.6 Å². The van der Waals surface area contributed by atoms with Gasteiger partial charge in [-0.25, -0.2) is 0 Å². The van der Waals surface area contributed by atoms with Crippen molar-refractivity contribution in [2.45, 2.75) is 19.6 Å². The molecule has 0 bridgehead atoms. The number of ether oxygens (including phenoxy) is 3. The predicted octanol–water partition coefficient (Wildman–Crippen LogP) is 1.85. The summed E-state index contributed by atoms with van der Waals surface area (Å²) in [5.74, 6) is 0.680. The molecular formula is C15H24ClNO4. The molecule has 0 aliphatic rings. The maximum Gasteiger partial charge on any atom is 0.125 e. The normalized spacial score (nSPS) is 12.4. The van der Waals surface area contributed by atoms with Crippen molar-refractivity contribution in [3.8, 4) is 5.75 Å². The summed E-state index contributed by atoms with van der Waals surface area (Å²) in [6.07, 6.45) is -0.687. The van der Waals surface area contributed by atoms with Gasteiger partial charge in [0.25, 0.3) is 0 Å². The van der Waals surface area contributed by atoms with Gasteiger partial charge >= 0.3 is 0 Å². The van der Waals surface area contributed by atoms with Gasteiger partial charge in [-0.05, 0) is 18.7 Å².